The van der Waals surface area contributed by atoms with Crippen LogP contribution in [0.1, 0.15) is 17.5 Å². The maximum atomic E-state index is 12.4. The van der Waals surface area contributed by atoms with Gasteiger partial charge in [0.2, 0.25) is 0 Å². The van der Waals surface area contributed by atoms with E-state index in [1.807, 2.05) is 0 Å². The zero-order valence-corrected chi connectivity index (χ0v) is 8.95. The molecule has 0 aliphatic carbocycles. The van der Waals surface area contributed by atoms with Gasteiger partial charge in [0.1, 0.15) is 0 Å². The molecule has 0 aromatic heterocycles. The molecule has 77 valence electrons. The normalized spacial score (nSPS) is 11.8. The molecular formula is C10H9BrF3. The van der Waals surface area contributed by atoms with Crippen LogP contribution in [0.25, 0.3) is 0 Å². The van der Waals surface area contributed by atoms with E-state index in [2.05, 4.69) is 22.9 Å². The minimum absolute atomic E-state index is 0.454. The van der Waals surface area contributed by atoms with Gasteiger partial charge in [-0.15, -0.1) is 0 Å². The van der Waals surface area contributed by atoms with E-state index >= 15 is 0 Å². The van der Waals surface area contributed by atoms with Crippen molar-refractivity contribution < 1.29 is 13.2 Å². The maximum Gasteiger partial charge on any atom is 0.416 e. The van der Waals surface area contributed by atoms with Crippen molar-refractivity contribution in [2.24, 2.45) is 0 Å². The van der Waals surface area contributed by atoms with Crippen molar-refractivity contribution in [1.82, 2.24) is 0 Å². The molecule has 0 saturated carbocycles. The molecule has 0 spiro atoms. The number of alkyl halides is 3. The summed E-state index contributed by atoms with van der Waals surface area (Å²) in [6, 6.07) is 3.92. The van der Waals surface area contributed by atoms with Gasteiger partial charge in [0.25, 0.3) is 0 Å². The van der Waals surface area contributed by atoms with Crippen molar-refractivity contribution in [3.05, 3.63) is 40.7 Å². The van der Waals surface area contributed by atoms with Gasteiger partial charge >= 0.3 is 6.18 Å². The van der Waals surface area contributed by atoms with E-state index in [9.17, 15) is 13.2 Å². The summed E-state index contributed by atoms with van der Waals surface area (Å²) in [6.07, 6.45) is -3.13. The zero-order valence-electron chi connectivity index (χ0n) is 7.37. The van der Waals surface area contributed by atoms with E-state index in [4.69, 9.17) is 0 Å². The molecular weight excluding hydrogens is 257 g/mol. The van der Waals surface area contributed by atoms with E-state index in [-0.39, 0.29) is 0 Å². The molecule has 4 heteroatoms. The SMILES string of the molecule is [CH2]CCc1cc(Br)cc(C(F)(F)F)c1. The van der Waals surface area contributed by atoms with E-state index in [0.717, 1.165) is 12.1 Å². The molecule has 0 atom stereocenters. The van der Waals surface area contributed by atoms with Gasteiger partial charge in [0, 0.05) is 4.47 Å². The zero-order chi connectivity index (χ0) is 10.8. The van der Waals surface area contributed by atoms with Gasteiger partial charge in [-0.25, -0.2) is 0 Å². The minimum Gasteiger partial charge on any atom is -0.166 e. The highest BCUT2D eigenvalue weighted by molar-refractivity contribution is 9.10. The quantitative estimate of drug-likeness (QED) is 0.751. The number of aryl methyl sites for hydroxylation is 1. The van der Waals surface area contributed by atoms with Crippen molar-refractivity contribution in [3.63, 3.8) is 0 Å². The molecule has 1 aromatic carbocycles. The second-order valence-corrected chi connectivity index (χ2v) is 3.87. The van der Waals surface area contributed by atoms with Crippen molar-refractivity contribution in [1.29, 1.82) is 0 Å². The maximum absolute atomic E-state index is 12.4. The van der Waals surface area contributed by atoms with Crippen LogP contribution in [0.2, 0.25) is 0 Å². The Morgan fingerprint density at radius 2 is 1.86 bits per heavy atom. The highest BCUT2D eigenvalue weighted by Crippen LogP contribution is 2.32. The molecule has 14 heavy (non-hydrogen) atoms. The Bertz CT molecular complexity index is 318. The fourth-order valence-electron chi connectivity index (χ4n) is 1.16. The van der Waals surface area contributed by atoms with Crippen LogP contribution in [-0.4, -0.2) is 0 Å². The van der Waals surface area contributed by atoms with E-state index in [1.165, 1.54) is 0 Å². The molecule has 1 radical (unpaired) electrons. The first-order valence-corrected chi connectivity index (χ1v) is 4.88. The lowest BCUT2D eigenvalue weighted by molar-refractivity contribution is -0.137. The van der Waals surface area contributed by atoms with Crippen molar-refractivity contribution >= 4 is 15.9 Å². The molecule has 0 unspecified atom stereocenters. The van der Waals surface area contributed by atoms with Crippen LogP contribution < -0.4 is 0 Å². The highest BCUT2D eigenvalue weighted by Gasteiger charge is 2.30. The fourth-order valence-corrected chi connectivity index (χ4v) is 1.70. The molecule has 0 heterocycles. The standard InChI is InChI=1S/C10H9BrF3/c1-2-3-7-4-8(10(12,13)14)6-9(11)5-7/h4-6H,1-3H2. The van der Waals surface area contributed by atoms with Crippen LogP contribution in [0.4, 0.5) is 13.2 Å². The first-order chi connectivity index (χ1) is 6.43. The Balaban J connectivity index is 3.07. The lowest BCUT2D eigenvalue weighted by atomic mass is 10.1. The van der Waals surface area contributed by atoms with Gasteiger partial charge in [-0.2, -0.15) is 13.2 Å². The molecule has 0 bridgehead atoms. The number of hydrogen-bond acceptors (Lipinski definition) is 0. The Kier molecular flexibility index (Phi) is 3.59. The molecule has 0 N–H and O–H groups in total. The predicted molar refractivity (Wildman–Crippen MR) is 52.8 cm³/mol. The van der Waals surface area contributed by atoms with Crippen molar-refractivity contribution in [3.8, 4) is 0 Å². The molecule has 0 aliphatic heterocycles. The summed E-state index contributed by atoms with van der Waals surface area (Å²) in [5, 5.41) is 0. The monoisotopic (exact) mass is 265 g/mol. The average Bonchev–Trinajstić information content (AvgIpc) is 2.02. The largest absolute Gasteiger partial charge is 0.416 e. The smallest absolute Gasteiger partial charge is 0.166 e. The lowest BCUT2D eigenvalue weighted by Gasteiger charge is -2.09. The molecule has 0 saturated heterocycles. The Morgan fingerprint density at radius 3 is 2.36 bits per heavy atom. The number of halogens is 4. The second-order valence-electron chi connectivity index (χ2n) is 2.95. The molecule has 0 fully saturated rings. The number of benzene rings is 1. The summed E-state index contributed by atoms with van der Waals surface area (Å²) < 4.78 is 37.5. The number of rotatable bonds is 2. The number of hydrogen-bond donors (Lipinski definition) is 0. The first-order valence-electron chi connectivity index (χ1n) is 4.09. The summed E-state index contributed by atoms with van der Waals surface area (Å²) in [7, 11) is 0. The summed E-state index contributed by atoms with van der Waals surface area (Å²) in [4.78, 5) is 0. The van der Waals surface area contributed by atoms with Crippen LogP contribution >= 0.6 is 15.9 Å². The van der Waals surface area contributed by atoms with Crippen molar-refractivity contribution in [2.45, 2.75) is 19.0 Å². The third-order valence-corrected chi connectivity index (χ3v) is 2.21. The van der Waals surface area contributed by atoms with Gasteiger partial charge in [0.05, 0.1) is 5.56 Å². The Morgan fingerprint density at radius 1 is 1.21 bits per heavy atom. The van der Waals surface area contributed by atoms with E-state index < -0.39 is 11.7 Å². The van der Waals surface area contributed by atoms with E-state index in [1.54, 1.807) is 6.07 Å². The summed E-state index contributed by atoms with van der Waals surface area (Å²) in [5.41, 5.74) is 0.0389. The van der Waals surface area contributed by atoms with Crippen LogP contribution in [0.15, 0.2) is 22.7 Å². The second kappa shape index (κ2) is 4.34. The average molecular weight is 266 g/mol. The minimum atomic E-state index is -4.28. The van der Waals surface area contributed by atoms with Crippen LogP contribution in [0.3, 0.4) is 0 Å². The molecule has 0 aliphatic rings. The summed E-state index contributed by atoms with van der Waals surface area (Å²) >= 11 is 3.06. The molecule has 1 rings (SSSR count). The van der Waals surface area contributed by atoms with Gasteiger partial charge in [0.15, 0.2) is 0 Å². The van der Waals surface area contributed by atoms with E-state index in [0.29, 0.717) is 22.9 Å². The predicted octanol–water partition coefficient (Wildman–Crippen LogP) is 4.23. The van der Waals surface area contributed by atoms with Crippen LogP contribution in [0.5, 0.6) is 0 Å². The lowest BCUT2D eigenvalue weighted by Crippen LogP contribution is -2.05. The Labute approximate surface area is 89.3 Å². The van der Waals surface area contributed by atoms with Crippen LogP contribution in [-0.2, 0) is 12.6 Å². The van der Waals surface area contributed by atoms with Crippen molar-refractivity contribution in [2.75, 3.05) is 0 Å². The van der Waals surface area contributed by atoms with Gasteiger partial charge < -0.3 is 0 Å². The highest BCUT2D eigenvalue weighted by atomic mass is 79.9. The van der Waals surface area contributed by atoms with Gasteiger partial charge in [-0.1, -0.05) is 22.9 Å². The first kappa shape index (κ1) is 11.6. The third-order valence-electron chi connectivity index (χ3n) is 1.75. The molecule has 0 nitrogen and oxygen atoms in total. The summed E-state index contributed by atoms with van der Waals surface area (Å²) in [5.74, 6) is 0. The van der Waals surface area contributed by atoms with Gasteiger partial charge in [-0.05, 0) is 36.6 Å². The summed E-state index contributed by atoms with van der Waals surface area (Å²) in [6.45, 7) is 3.61. The van der Waals surface area contributed by atoms with Crippen LogP contribution in [0, 0.1) is 6.92 Å². The third kappa shape index (κ3) is 3.01. The topological polar surface area (TPSA) is 0 Å². The van der Waals surface area contributed by atoms with Gasteiger partial charge in [-0.3, -0.25) is 0 Å². The Hall–Kier alpha value is -0.510. The fraction of sp³-hybridized carbons (Fsp3) is 0.300. The molecule has 1 aromatic rings. The molecule has 0 amide bonds.